The van der Waals surface area contributed by atoms with Crippen LogP contribution >= 0.6 is 0 Å². The van der Waals surface area contributed by atoms with Gasteiger partial charge in [-0.1, -0.05) is 30.3 Å². The largest absolute Gasteiger partial charge is 0.481 e. The van der Waals surface area contributed by atoms with Gasteiger partial charge in [0.25, 0.3) is 0 Å². The fourth-order valence-corrected chi connectivity index (χ4v) is 1.57. The maximum absolute atomic E-state index is 10.9. The first kappa shape index (κ1) is 14.7. The summed E-state index contributed by atoms with van der Waals surface area (Å²) >= 11 is 0. The summed E-state index contributed by atoms with van der Waals surface area (Å²) in [5.74, 6) is -0.839. The van der Waals surface area contributed by atoms with Crippen molar-refractivity contribution in [2.75, 3.05) is 34.3 Å². The molecule has 0 fully saturated rings. The number of hydrogen-bond donors (Lipinski definition) is 1. The van der Waals surface area contributed by atoms with E-state index < -0.39 is 5.97 Å². The molecule has 0 spiro atoms. The van der Waals surface area contributed by atoms with E-state index in [-0.39, 0.29) is 12.5 Å². The van der Waals surface area contributed by atoms with Gasteiger partial charge in [-0.15, -0.1) is 0 Å². The Balaban J connectivity index is 2.60. The van der Waals surface area contributed by atoms with Gasteiger partial charge in [0.15, 0.2) is 0 Å². The number of quaternary nitrogens is 1. The smallest absolute Gasteiger partial charge is 0.306 e. The molecule has 0 amide bonds. The van der Waals surface area contributed by atoms with Crippen molar-refractivity contribution in [2.24, 2.45) is 0 Å². The van der Waals surface area contributed by atoms with Crippen LogP contribution in [-0.2, 0) is 9.53 Å². The van der Waals surface area contributed by atoms with E-state index in [1.807, 2.05) is 30.3 Å². The lowest BCUT2D eigenvalue weighted by Crippen LogP contribution is -2.37. The van der Waals surface area contributed by atoms with Crippen LogP contribution in [-0.4, -0.2) is 49.9 Å². The van der Waals surface area contributed by atoms with Gasteiger partial charge in [0.1, 0.15) is 6.54 Å². The highest BCUT2D eigenvalue weighted by Gasteiger charge is 2.17. The molecule has 0 saturated carbocycles. The number of likely N-dealkylation sites (N-methyl/N-ethyl adjacent to an activating group) is 1. The highest BCUT2D eigenvalue weighted by molar-refractivity contribution is 5.67. The molecule has 100 valence electrons. The summed E-state index contributed by atoms with van der Waals surface area (Å²) in [5, 5.41) is 8.92. The van der Waals surface area contributed by atoms with Gasteiger partial charge in [-0.25, -0.2) is 0 Å². The number of nitrogens with zero attached hydrogens (tertiary/aromatic N) is 1. The normalized spacial score (nSPS) is 13.3. The number of carboxylic acid groups (broad SMARTS) is 1. The Kier molecular flexibility index (Phi) is 5.31. The molecule has 4 heteroatoms. The molecule has 1 rings (SSSR count). The van der Waals surface area contributed by atoms with Crippen molar-refractivity contribution >= 4 is 5.97 Å². The van der Waals surface area contributed by atoms with Crippen molar-refractivity contribution in [1.82, 2.24) is 0 Å². The summed E-state index contributed by atoms with van der Waals surface area (Å²) in [7, 11) is 6.24. The van der Waals surface area contributed by atoms with Crippen molar-refractivity contribution < 1.29 is 19.1 Å². The first-order valence-electron chi connectivity index (χ1n) is 6.07. The van der Waals surface area contributed by atoms with Gasteiger partial charge in [-0.3, -0.25) is 4.79 Å². The Bertz CT molecular complexity index is 370. The maximum atomic E-state index is 10.9. The molecule has 0 saturated heterocycles. The third-order valence-corrected chi connectivity index (χ3v) is 2.61. The van der Waals surface area contributed by atoms with Crippen LogP contribution in [0.4, 0.5) is 0 Å². The minimum atomic E-state index is -0.839. The van der Waals surface area contributed by atoms with Crippen molar-refractivity contribution in [3.63, 3.8) is 0 Å². The number of hydrogen-bond acceptors (Lipinski definition) is 2. The molecular weight excluding hydrogens is 230 g/mol. The third kappa shape index (κ3) is 5.80. The lowest BCUT2D eigenvalue weighted by molar-refractivity contribution is -0.870. The molecule has 4 nitrogen and oxygen atoms in total. The van der Waals surface area contributed by atoms with Gasteiger partial charge >= 0.3 is 5.97 Å². The monoisotopic (exact) mass is 252 g/mol. The number of aliphatic carboxylic acids is 1. The molecule has 0 aliphatic heterocycles. The lowest BCUT2D eigenvalue weighted by Gasteiger charge is -2.25. The van der Waals surface area contributed by atoms with E-state index in [0.717, 1.165) is 16.6 Å². The first-order chi connectivity index (χ1) is 8.38. The molecule has 0 bridgehead atoms. The lowest BCUT2D eigenvalue weighted by atomic mass is 10.1. The molecule has 0 aliphatic carbocycles. The number of carbonyl (C=O) groups is 1. The van der Waals surface area contributed by atoms with E-state index in [1.165, 1.54) is 0 Å². The quantitative estimate of drug-likeness (QED) is 0.754. The van der Waals surface area contributed by atoms with E-state index in [0.29, 0.717) is 6.61 Å². The number of ether oxygens (including phenoxy) is 1. The van der Waals surface area contributed by atoms with Crippen molar-refractivity contribution in [3.05, 3.63) is 35.9 Å². The zero-order chi connectivity index (χ0) is 13.6. The van der Waals surface area contributed by atoms with E-state index in [4.69, 9.17) is 9.84 Å². The predicted molar refractivity (Wildman–Crippen MR) is 70.3 cm³/mol. The van der Waals surface area contributed by atoms with Crippen LogP contribution in [0.15, 0.2) is 30.3 Å². The molecule has 0 heterocycles. The van der Waals surface area contributed by atoms with Crippen LogP contribution in [0.3, 0.4) is 0 Å². The topological polar surface area (TPSA) is 46.5 Å². The van der Waals surface area contributed by atoms with Crippen LogP contribution in [0.1, 0.15) is 18.1 Å². The second kappa shape index (κ2) is 6.52. The van der Waals surface area contributed by atoms with Crippen LogP contribution in [0.2, 0.25) is 0 Å². The predicted octanol–water partition coefficient (Wildman–Crippen LogP) is 1.93. The van der Waals surface area contributed by atoms with Gasteiger partial charge in [-0.05, 0) is 5.56 Å². The summed E-state index contributed by atoms with van der Waals surface area (Å²) in [6.07, 6.45) is -0.364. The van der Waals surface area contributed by atoms with E-state index in [1.54, 1.807) is 0 Å². The van der Waals surface area contributed by atoms with Gasteiger partial charge in [0, 0.05) is 0 Å². The maximum Gasteiger partial charge on any atom is 0.306 e. The molecule has 1 aromatic rings. The number of carboxylic acids is 1. The Morgan fingerprint density at radius 2 is 1.89 bits per heavy atom. The summed E-state index contributed by atoms with van der Waals surface area (Å²) < 4.78 is 6.52. The van der Waals surface area contributed by atoms with Gasteiger partial charge in [-0.2, -0.15) is 0 Å². The first-order valence-corrected chi connectivity index (χ1v) is 6.07. The number of benzene rings is 1. The molecule has 0 aromatic heterocycles. The second-order valence-electron chi connectivity index (χ2n) is 5.38. The third-order valence-electron chi connectivity index (χ3n) is 2.61. The van der Waals surface area contributed by atoms with Crippen molar-refractivity contribution in [1.29, 1.82) is 0 Å². The molecule has 0 radical (unpaired) electrons. The SMILES string of the molecule is C[N+](C)(C)CCOC(CC(=O)O)c1ccccc1. The second-order valence-corrected chi connectivity index (χ2v) is 5.38. The Hall–Kier alpha value is -1.39. The van der Waals surface area contributed by atoms with Crippen molar-refractivity contribution in [3.8, 4) is 0 Å². The van der Waals surface area contributed by atoms with Crippen LogP contribution in [0, 0.1) is 0 Å². The van der Waals surface area contributed by atoms with Gasteiger partial charge in [0.2, 0.25) is 0 Å². The highest BCUT2D eigenvalue weighted by atomic mass is 16.5. The van der Waals surface area contributed by atoms with E-state index >= 15 is 0 Å². The van der Waals surface area contributed by atoms with Gasteiger partial charge < -0.3 is 14.3 Å². The molecule has 1 aromatic carbocycles. The molecule has 0 aliphatic rings. The van der Waals surface area contributed by atoms with Crippen molar-refractivity contribution in [2.45, 2.75) is 12.5 Å². The standard InChI is InChI=1S/C14H21NO3/c1-15(2,3)9-10-18-13(11-14(16)17)12-7-5-4-6-8-12/h4-8,13H,9-11H2,1-3H3/p+1. The Labute approximate surface area is 108 Å². The van der Waals surface area contributed by atoms with Crippen LogP contribution in [0.5, 0.6) is 0 Å². The minimum absolute atomic E-state index is 0.00115. The fourth-order valence-electron chi connectivity index (χ4n) is 1.57. The average Bonchev–Trinajstić information content (AvgIpc) is 2.27. The average molecular weight is 252 g/mol. The van der Waals surface area contributed by atoms with Crippen LogP contribution in [0.25, 0.3) is 0 Å². The van der Waals surface area contributed by atoms with E-state index in [2.05, 4.69) is 21.1 Å². The van der Waals surface area contributed by atoms with E-state index in [9.17, 15) is 4.79 Å². The Morgan fingerprint density at radius 1 is 1.28 bits per heavy atom. The highest BCUT2D eigenvalue weighted by Crippen LogP contribution is 2.20. The molecule has 1 unspecified atom stereocenters. The fraction of sp³-hybridized carbons (Fsp3) is 0.500. The van der Waals surface area contributed by atoms with Gasteiger partial charge in [0.05, 0.1) is 40.3 Å². The molecule has 1 atom stereocenters. The molecule has 18 heavy (non-hydrogen) atoms. The zero-order valence-corrected chi connectivity index (χ0v) is 11.3. The summed E-state index contributed by atoms with van der Waals surface area (Å²) in [6.45, 7) is 1.40. The molecular formula is C14H22NO3+. The summed E-state index contributed by atoms with van der Waals surface area (Å²) in [5.41, 5.74) is 0.918. The molecule has 1 N–H and O–H groups in total. The summed E-state index contributed by atoms with van der Waals surface area (Å²) in [6, 6.07) is 9.51. The summed E-state index contributed by atoms with van der Waals surface area (Å²) in [4.78, 5) is 10.9. The Morgan fingerprint density at radius 3 is 2.39 bits per heavy atom. The minimum Gasteiger partial charge on any atom is -0.481 e. The zero-order valence-electron chi connectivity index (χ0n) is 11.3. The van der Waals surface area contributed by atoms with Crippen LogP contribution < -0.4 is 0 Å². The number of rotatable bonds is 7.